The van der Waals surface area contributed by atoms with Crippen LogP contribution in [0.25, 0.3) is 0 Å². The van der Waals surface area contributed by atoms with Crippen LogP contribution in [-0.4, -0.2) is 44.0 Å². The molecule has 186 valence electrons. The smallest absolute Gasteiger partial charge is 0.449 e. The molecule has 2 heterocycles. The number of nitrogens with two attached hydrogens (primary N) is 1. The Morgan fingerprint density at radius 1 is 1.21 bits per heavy atom. The lowest BCUT2D eigenvalue weighted by Crippen LogP contribution is -2.44. The van der Waals surface area contributed by atoms with Crippen LogP contribution in [0.2, 0.25) is 0 Å². The highest BCUT2D eigenvalue weighted by molar-refractivity contribution is 5.87. The van der Waals surface area contributed by atoms with Gasteiger partial charge in [0.2, 0.25) is 11.7 Å². The number of aromatic nitrogens is 2. The van der Waals surface area contributed by atoms with E-state index in [-0.39, 0.29) is 37.1 Å². The van der Waals surface area contributed by atoms with Crippen LogP contribution in [0.1, 0.15) is 59.8 Å². The van der Waals surface area contributed by atoms with Gasteiger partial charge in [0.05, 0.1) is 18.3 Å². The fourth-order valence-corrected chi connectivity index (χ4v) is 4.14. The van der Waals surface area contributed by atoms with E-state index >= 15 is 0 Å². The van der Waals surface area contributed by atoms with Crippen molar-refractivity contribution in [2.45, 2.75) is 57.4 Å². The Morgan fingerprint density at radius 3 is 2.44 bits per heavy atom. The number of carboxylic acid groups (broad SMARTS) is 1. The zero-order valence-corrected chi connectivity index (χ0v) is 18.0. The first-order chi connectivity index (χ1) is 15.8. The van der Waals surface area contributed by atoms with Gasteiger partial charge in [-0.2, -0.15) is 13.2 Å². The lowest BCUT2D eigenvalue weighted by Gasteiger charge is -2.36. The van der Waals surface area contributed by atoms with Gasteiger partial charge in [0, 0.05) is 25.1 Å². The molecule has 1 aromatic carbocycles. The Kier molecular flexibility index (Phi) is 7.24. The van der Waals surface area contributed by atoms with Gasteiger partial charge in [-0.25, -0.2) is 22.9 Å². The minimum Gasteiger partial charge on any atom is -0.476 e. The summed E-state index contributed by atoms with van der Waals surface area (Å²) in [7, 11) is 0. The maximum atomic E-state index is 13.9. The molecule has 1 aliphatic heterocycles. The predicted molar refractivity (Wildman–Crippen MR) is 106 cm³/mol. The van der Waals surface area contributed by atoms with Crippen molar-refractivity contribution in [2.24, 2.45) is 5.73 Å². The maximum absolute atomic E-state index is 13.9. The number of carbonyl (C=O) groups is 2. The first kappa shape index (κ1) is 25.5. The highest BCUT2D eigenvalue weighted by atomic mass is 19.4. The number of benzene rings is 1. The van der Waals surface area contributed by atoms with Gasteiger partial charge in [0.15, 0.2) is 17.3 Å². The highest BCUT2D eigenvalue weighted by Gasteiger charge is 2.44. The second-order valence-corrected chi connectivity index (χ2v) is 8.15. The zero-order chi connectivity index (χ0) is 25.4. The molecule has 0 aliphatic carbocycles. The standard InChI is InChI=1S/C21H22F6N4O3/c1-2-3-12-8-30(9-16-18(19(33)34)29-20(31(12)16)21(25,26)27)17(32)6-11(28)4-10-5-14(23)15(24)7-13(10)22/h5,7,11-12H,2-4,6,8-9,28H2,1H3,(H,33,34)/t11?,12-/m1/s1. The van der Waals surface area contributed by atoms with Gasteiger partial charge in [0.25, 0.3) is 0 Å². The molecule has 0 spiro atoms. The molecule has 0 saturated carbocycles. The lowest BCUT2D eigenvalue weighted by molar-refractivity contribution is -0.149. The molecule has 2 atom stereocenters. The number of hydrogen-bond donors (Lipinski definition) is 2. The number of alkyl halides is 3. The van der Waals surface area contributed by atoms with Crippen molar-refractivity contribution in [1.82, 2.24) is 14.5 Å². The van der Waals surface area contributed by atoms with E-state index in [1.54, 1.807) is 6.92 Å². The number of fused-ring (bicyclic) bond motifs is 1. The Hall–Kier alpha value is -3.09. The largest absolute Gasteiger partial charge is 0.476 e. The summed E-state index contributed by atoms with van der Waals surface area (Å²) in [5.41, 5.74) is 4.63. The van der Waals surface area contributed by atoms with Crippen molar-refractivity contribution >= 4 is 11.9 Å². The van der Waals surface area contributed by atoms with E-state index < -0.39 is 65.7 Å². The Bertz CT molecular complexity index is 1100. The molecule has 0 saturated heterocycles. The summed E-state index contributed by atoms with van der Waals surface area (Å²) in [4.78, 5) is 28.9. The average molecular weight is 492 g/mol. The number of carboxylic acids is 1. The first-order valence-corrected chi connectivity index (χ1v) is 10.4. The summed E-state index contributed by atoms with van der Waals surface area (Å²) in [5, 5.41) is 9.38. The number of carbonyl (C=O) groups excluding carboxylic acids is 1. The summed E-state index contributed by atoms with van der Waals surface area (Å²) in [5.74, 6) is -7.27. The molecule has 3 rings (SSSR count). The number of imidazole rings is 1. The molecule has 1 unspecified atom stereocenters. The fourth-order valence-electron chi connectivity index (χ4n) is 4.14. The Labute approximate surface area is 190 Å². The van der Waals surface area contributed by atoms with E-state index in [0.29, 0.717) is 18.6 Å². The van der Waals surface area contributed by atoms with Crippen LogP contribution in [0.3, 0.4) is 0 Å². The van der Waals surface area contributed by atoms with Gasteiger partial charge in [-0.15, -0.1) is 0 Å². The highest BCUT2D eigenvalue weighted by Crippen LogP contribution is 2.37. The predicted octanol–water partition coefficient (Wildman–Crippen LogP) is 3.66. The summed E-state index contributed by atoms with van der Waals surface area (Å²) in [6.07, 6.45) is -4.88. The number of halogens is 6. The number of aromatic carboxylic acids is 1. The molecule has 0 fully saturated rings. The van der Waals surface area contributed by atoms with E-state index in [1.165, 1.54) is 4.90 Å². The van der Waals surface area contributed by atoms with E-state index in [1.807, 2.05) is 0 Å². The van der Waals surface area contributed by atoms with Gasteiger partial charge < -0.3 is 20.3 Å². The van der Waals surface area contributed by atoms with Crippen molar-refractivity contribution in [3.63, 3.8) is 0 Å². The summed E-state index contributed by atoms with van der Waals surface area (Å²) >= 11 is 0. The van der Waals surface area contributed by atoms with Crippen molar-refractivity contribution in [3.05, 3.63) is 52.4 Å². The molecule has 1 aliphatic rings. The SMILES string of the molecule is CCC[C@@H]1CN(C(=O)CC(N)Cc2cc(F)c(F)cc2F)Cc2c(C(=O)O)nc(C(F)(F)F)n21. The Balaban J connectivity index is 1.84. The third-order valence-corrected chi connectivity index (χ3v) is 5.59. The van der Waals surface area contributed by atoms with Crippen LogP contribution in [-0.2, 0) is 23.9 Å². The molecular weight excluding hydrogens is 470 g/mol. The van der Waals surface area contributed by atoms with Gasteiger partial charge in [-0.3, -0.25) is 4.79 Å². The lowest BCUT2D eigenvalue weighted by atomic mass is 10.0. The van der Waals surface area contributed by atoms with Crippen LogP contribution < -0.4 is 5.73 Å². The average Bonchev–Trinajstić information content (AvgIpc) is 3.13. The molecule has 1 aromatic heterocycles. The summed E-state index contributed by atoms with van der Waals surface area (Å²) < 4.78 is 81.9. The molecule has 34 heavy (non-hydrogen) atoms. The Morgan fingerprint density at radius 2 is 1.85 bits per heavy atom. The maximum Gasteiger partial charge on any atom is 0.449 e. The minimum absolute atomic E-state index is 0.134. The molecule has 3 N–H and O–H groups in total. The van der Waals surface area contributed by atoms with Gasteiger partial charge in [0.1, 0.15) is 5.82 Å². The normalized spacial score (nSPS) is 16.9. The summed E-state index contributed by atoms with van der Waals surface area (Å²) in [6, 6.07) is -0.863. The monoisotopic (exact) mass is 492 g/mol. The molecule has 0 bridgehead atoms. The van der Waals surface area contributed by atoms with Crippen molar-refractivity contribution in [3.8, 4) is 0 Å². The van der Waals surface area contributed by atoms with E-state index in [4.69, 9.17) is 5.73 Å². The zero-order valence-electron chi connectivity index (χ0n) is 18.0. The first-order valence-electron chi connectivity index (χ1n) is 10.4. The van der Waals surface area contributed by atoms with Crippen LogP contribution >= 0.6 is 0 Å². The van der Waals surface area contributed by atoms with Crippen LogP contribution in [0.4, 0.5) is 26.3 Å². The topological polar surface area (TPSA) is 101 Å². The number of nitrogens with zero attached hydrogens (tertiary/aromatic N) is 3. The van der Waals surface area contributed by atoms with Gasteiger partial charge >= 0.3 is 12.1 Å². The van der Waals surface area contributed by atoms with Crippen LogP contribution in [0.5, 0.6) is 0 Å². The molecular formula is C21H22F6N4O3. The molecule has 13 heteroatoms. The summed E-state index contributed by atoms with van der Waals surface area (Å²) in [6.45, 7) is 1.16. The quantitative estimate of drug-likeness (QED) is 0.454. The third-order valence-electron chi connectivity index (χ3n) is 5.59. The third kappa shape index (κ3) is 5.18. The van der Waals surface area contributed by atoms with Gasteiger partial charge in [-0.1, -0.05) is 13.3 Å². The second kappa shape index (κ2) is 9.65. The fraction of sp³-hybridized carbons (Fsp3) is 0.476. The van der Waals surface area contributed by atoms with Crippen LogP contribution in [0, 0.1) is 17.5 Å². The molecule has 7 nitrogen and oxygen atoms in total. The number of rotatable bonds is 7. The van der Waals surface area contributed by atoms with Crippen molar-refractivity contribution < 1.29 is 41.0 Å². The van der Waals surface area contributed by atoms with Crippen LogP contribution in [0.15, 0.2) is 12.1 Å². The van der Waals surface area contributed by atoms with E-state index in [9.17, 15) is 41.0 Å². The van der Waals surface area contributed by atoms with Crippen molar-refractivity contribution in [1.29, 1.82) is 0 Å². The van der Waals surface area contributed by atoms with Gasteiger partial charge in [-0.05, 0) is 24.5 Å². The van der Waals surface area contributed by atoms with E-state index in [2.05, 4.69) is 4.98 Å². The van der Waals surface area contributed by atoms with E-state index in [0.717, 1.165) is 4.57 Å². The molecule has 0 radical (unpaired) electrons. The second-order valence-electron chi connectivity index (χ2n) is 8.15. The number of amides is 1. The minimum atomic E-state index is -4.89. The van der Waals surface area contributed by atoms with Crippen molar-refractivity contribution in [2.75, 3.05) is 6.54 Å². The molecule has 1 amide bonds. The number of hydrogen-bond acceptors (Lipinski definition) is 4. The molecule has 2 aromatic rings.